The number of nitrogens with zero attached hydrogens (tertiary/aromatic N) is 1. The first-order valence-electron chi connectivity index (χ1n) is 6.63. The number of hydrogen-bond donors (Lipinski definition) is 1. The molecule has 0 aliphatic rings. The van der Waals surface area contributed by atoms with Crippen LogP contribution in [-0.4, -0.2) is 30.3 Å². The van der Waals surface area contributed by atoms with Gasteiger partial charge in [-0.15, -0.1) is 0 Å². The second-order valence-electron chi connectivity index (χ2n) is 4.82. The number of carbonyl (C=O) groups is 2. The highest BCUT2D eigenvalue weighted by atomic mass is 35.5. The van der Waals surface area contributed by atoms with Crippen molar-refractivity contribution in [2.75, 3.05) is 18.9 Å². The lowest BCUT2D eigenvalue weighted by atomic mass is 10.2. The van der Waals surface area contributed by atoms with E-state index < -0.39 is 17.6 Å². The molecule has 0 fully saturated rings. The van der Waals surface area contributed by atoms with Gasteiger partial charge in [-0.3, -0.25) is 9.59 Å². The standard InChI is InChI=1S/C16H13Cl2FN2O2/c1-21(16(23)11-4-2-3-5-14(11)19)9-15(22)20-10-6-7-12(17)13(18)8-10/h2-8H,9H2,1H3,(H,20,22). The molecule has 0 spiro atoms. The normalized spacial score (nSPS) is 10.3. The van der Waals surface area contributed by atoms with Crippen molar-refractivity contribution in [1.82, 2.24) is 4.90 Å². The average Bonchev–Trinajstić information content (AvgIpc) is 2.50. The van der Waals surface area contributed by atoms with Crippen molar-refractivity contribution in [1.29, 1.82) is 0 Å². The van der Waals surface area contributed by atoms with E-state index in [9.17, 15) is 14.0 Å². The zero-order valence-electron chi connectivity index (χ0n) is 12.1. The highest BCUT2D eigenvalue weighted by molar-refractivity contribution is 6.42. The van der Waals surface area contributed by atoms with Crippen LogP contribution in [0.15, 0.2) is 42.5 Å². The van der Waals surface area contributed by atoms with Crippen LogP contribution in [0.2, 0.25) is 10.0 Å². The van der Waals surface area contributed by atoms with E-state index >= 15 is 0 Å². The Bertz CT molecular complexity index is 753. The Kier molecular flexibility index (Phi) is 5.58. The second-order valence-corrected chi connectivity index (χ2v) is 5.63. The summed E-state index contributed by atoms with van der Waals surface area (Å²) in [6.45, 7) is -0.229. The largest absolute Gasteiger partial charge is 0.332 e. The Morgan fingerprint density at radius 2 is 1.83 bits per heavy atom. The number of nitrogens with one attached hydrogen (secondary N) is 1. The van der Waals surface area contributed by atoms with Gasteiger partial charge in [0.1, 0.15) is 5.82 Å². The van der Waals surface area contributed by atoms with Gasteiger partial charge in [0, 0.05) is 12.7 Å². The molecular weight excluding hydrogens is 342 g/mol. The Labute approximate surface area is 142 Å². The minimum absolute atomic E-state index is 0.0858. The Hall–Kier alpha value is -2.11. The third-order valence-electron chi connectivity index (χ3n) is 3.04. The molecule has 2 aromatic rings. The van der Waals surface area contributed by atoms with Crippen LogP contribution in [0.25, 0.3) is 0 Å². The molecule has 7 heteroatoms. The molecule has 2 rings (SSSR count). The number of carbonyl (C=O) groups excluding carboxylic acids is 2. The molecule has 0 aromatic heterocycles. The van der Waals surface area contributed by atoms with Gasteiger partial charge >= 0.3 is 0 Å². The van der Waals surface area contributed by atoms with E-state index in [2.05, 4.69) is 5.32 Å². The Morgan fingerprint density at radius 1 is 1.13 bits per heavy atom. The molecule has 2 amide bonds. The highest BCUT2D eigenvalue weighted by Gasteiger charge is 2.18. The monoisotopic (exact) mass is 354 g/mol. The van der Waals surface area contributed by atoms with E-state index in [0.717, 1.165) is 4.90 Å². The van der Waals surface area contributed by atoms with E-state index in [1.807, 2.05) is 0 Å². The second kappa shape index (κ2) is 7.44. The zero-order valence-corrected chi connectivity index (χ0v) is 13.7. The summed E-state index contributed by atoms with van der Waals surface area (Å²) in [4.78, 5) is 25.2. The van der Waals surface area contributed by atoms with Crippen LogP contribution in [0.5, 0.6) is 0 Å². The van der Waals surface area contributed by atoms with Gasteiger partial charge in [-0.05, 0) is 30.3 Å². The predicted molar refractivity (Wildman–Crippen MR) is 88.5 cm³/mol. The van der Waals surface area contributed by atoms with Crippen molar-refractivity contribution < 1.29 is 14.0 Å². The molecule has 120 valence electrons. The molecule has 23 heavy (non-hydrogen) atoms. The molecule has 0 aliphatic heterocycles. The highest BCUT2D eigenvalue weighted by Crippen LogP contribution is 2.24. The molecule has 0 unspecified atom stereocenters. The van der Waals surface area contributed by atoms with E-state index in [1.54, 1.807) is 18.2 Å². The first kappa shape index (κ1) is 17.2. The van der Waals surface area contributed by atoms with E-state index in [-0.39, 0.29) is 12.1 Å². The fourth-order valence-electron chi connectivity index (χ4n) is 1.90. The molecular formula is C16H13Cl2FN2O2. The summed E-state index contributed by atoms with van der Waals surface area (Å²) < 4.78 is 13.6. The number of anilines is 1. The lowest BCUT2D eigenvalue weighted by molar-refractivity contribution is -0.116. The summed E-state index contributed by atoms with van der Waals surface area (Å²) in [6.07, 6.45) is 0. The SMILES string of the molecule is CN(CC(=O)Nc1ccc(Cl)c(Cl)c1)C(=O)c1ccccc1F. The van der Waals surface area contributed by atoms with Crippen molar-refractivity contribution >= 4 is 40.7 Å². The molecule has 0 saturated carbocycles. The molecule has 1 N–H and O–H groups in total. The number of amides is 2. The first-order chi connectivity index (χ1) is 10.9. The zero-order chi connectivity index (χ0) is 17.0. The van der Waals surface area contributed by atoms with Gasteiger partial charge < -0.3 is 10.2 Å². The quantitative estimate of drug-likeness (QED) is 0.906. The Morgan fingerprint density at radius 3 is 2.48 bits per heavy atom. The molecule has 2 aromatic carbocycles. The topological polar surface area (TPSA) is 49.4 Å². The number of benzene rings is 2. The summed E-state index contributed by atoms with van der Waals surface area (Å²) >= 11 is 11.7. The summed E-state index contributed by atoms with van der Waals surface area (Å²) in [5, 5.41) is 3.27. The van der Waals surface area contributed by atoms with Gasteiger partial charge in [0.15, 0.2) is 0 Å². The maximum atomic E-state index is 13.6. The summed E-state index contributed by atoms with van der Waals surface area (Å²) in [6, 6.07) is 10.2. The van der Waals surface area contributed by atoms with E-state index in [0.29, 0.717) is 15.7 Å². The first-order valence-corrected chi connectivity index (χ1v) is 7.39. The molecule has 0 bridgehead atoms. The lowest BCUT2D eigenvalue weighted by Crippen LogP contribution is -2.35. The van der Waals surface area contributed by atoms with Crippen molar-refractivity contribution in [3.05, 3.63) is 63.9 Å². The molecule has 0 aliphatic carbocycles. The van der Waals surface area contributed by atoms with Crippen molar-refractivity contribution in [3.63, 3.8) is 0 Å². The third-order valence-corrected chi connectivity index (χ3v) is 3.77. The Balaban J connectivity index is 2.00. The molecule has 0 radical (unpaired) electrons. The molecule has 0 atom stereocenters. The number of rotatable bonds is 4. The fraction of sp³-hybridized carbons (Fsp3) is 0.125. The van der Waals surface area contributed by atoms with Gasteiger partial charge in [-0.1, -0.05) is 35.3 Å². The van der Waals surface area contributed by atoms with Crippen LogP contribution < -0.4 is 5.32 Å². The summed E-state index contributed by atoms with van der Waals surface area (Å²) in [5.41, 5.74) is 0.369. The van der Waals surface area contributed by atoms with Crippen LogP contribution in [0.3, 0.4) is 0 Å². The summed E-state index contributed by atoms with van der Waals surface area (Å²) in [5.74, 6) is -1.64. The van der Waals surface area contributed by atoms with Gasteiger partial charge in [0.25, 0.3) is 5.91 Å². The molecule has 0 heterocycles. The van der Waals surface area contributed by atoms with Crippen LogP contribution in [0.1, 0.15) is 10.4 Å². The smallest absolute Gasteiger partial charge is 0.257 e. The fourth-order valence-corrected chi connectivity index (χ4v) is 2.20. The third kappa shape index (κ3) is 4.43. The van der Waals surface area contributed by atoms with Crippen LogP contribution in [0, 0.1) is 5.82 Å². The number of hydrogen-bond acceptors (Lipinski definition) is 2. The van der Waals surface area contributed by atoms with Crippen LogP contribution >= 0.6 is 23.2 Å². The van der Waals surface area contributed by atoms with Crippen LogP contribution in [-0.2, 0) is 4.79 Å². The van der Waals surface area contributed by atoms with E-state index in [1.165, 1.54) is 31.3 Å². The van der Waals surface area contributed by atoms with Gasteiger partial charge in [0.2, 0.25) is 5.91 Å². The number of likely N-dealkylation sites (N-methyl/N-ethyl adjacent to an activating group) is 1. The average molecular weight is 355 g/mol. The van der Waals surface area contributed by atoms with Gasteiger partial charge in [-0.2, -0.15) is 0 Å². The van der Waals surface area contributed by atoms with Crippen LogP contribution in [0.4, 0.5) is 10.1 Å². The summed E-state index contributed by atoms with van der Waals surface area (Å²) in [7, 11) is 1.42. The van der Waals surface area contributed by atoms with Gasteiger partial charge in [0.05, 0.1) is 22.2 Å². The van der Waals surface area contributed by atoms with Crippen molar-refractivity contribution in [2.45, 2.75) is 0 Å². The minimum Gasteiger partial charge on any atom is -0.332 e. The maximum Gasteiger partial charge on any atom is 0.257 e. The van der Waals surface area contributed by atoms with Crippen molar-refractivity contribution in [3.8, 4) is 0 Å². The van der Waals surface area contributed by atoms with E-state index in [4.69, 9.17) is 23.2 Å². The minimum atomic E-state index is -0.630. The number of halogens is 3. The molecule has 0 saturated heterocycles. The lowest BCUT2D eigenvalue weighted by Gasteiger charge is -2.17. The van der Waals surface area contributed by atoms with Crippen molar-refractivity contribution in [2.24, 2.45) is 0 Å². The maximum absolute atomic E-state index is 13.6. The molecule has 4 nitrogen and oxygen atoms in total. The predicted octanol–water partition coefficient (Wildman–Crippen LogP) is 3.84. The van der Waals surface area contributed by atoms with Gasteiger partial charge in [-0.25, -0.2) is 4.39 Å².